The molecule has 7 rings (SSSR count). The van der Waals surface area contributed by atoms with Gasteiger partial charge in [0.2, 0.25) is 11.8 Å². The summed E-state index contributed by atoms with van der Waals surface area (Å²) in [5.74, 6) is -0.783. The fourth-order valence-electron chi connectivity index (χ4n) is 6.68. The molecule has 1 unspecified atom stereocenters. The molecule has 37 heavy (non-hydrogen) atoms. The third kappa shape index (κ3) is 3.44. The summed E-state index contributed by atoms with van der Waals surface area (Å²) >= 11 is 0. The van der Waals surface area contributed by atoms with E-state index in [1.165, 1.54) is 16.5 Å². The molecule has 3 aromatic rings. The number of nitrogens with zero attached hydrogens (tertiary/aromatic N) is 4. The number of fused-ring (bicyclic) bond motifs is 5. The standard InChI is InChI=1S/C28H29N5O4/c1-31-23-4-2-3-17(19(23)13-29-31)14-32-11-9-28(10-12-32)22-6-5-18-20(21(22)16-37-28)15-33(27(18)36)24-7-8-25(34)30-26(24)35/h2-6,13,24H,7-12,14-16H2,1H3,(H,30,34,35). The molecule has 4 aliphatic rings. The summed E-state index contributed by atoms with van der Waals surface area (Å²) in [6, 6.07) is 9.76. The number of nitrogens with one attached hydrogen (secondary N) is 1. The third-order valence-electron chi connectivity index (χ3n) is 8.76. The molecule has 0 aliphatic carbocycles. The summed E-state index contributed by atoms with van der Waals surface area (Å²) in [5.41, 5.74) is 6.05. The fraction of sp³-hybridized carbons (Fsp3) is 0.429. The van der Waals surface area contributed by atoms with Gasteiger partial charge in [-0.05, 0) is 53.6 Å². The Bertz CT molecular complexity index is 1470. The van der Waals surface area contributed by atoms with Crippen LogP contribution in [0, 0.1) is 0 Å². The highest BCUT2D eigenvalue weighted by atomic mass is 16.5. The van der Waals surface area contributed by atoms with Crippen molar-refractivity contribution in [1.29, 1.82) is 0 Å². The molecule has 1 spiro atoms. The Balaban J connectivity index is 1.09. The Morgan fingerprint density at radius 3 is 2.76 bits per heavy atom. The smallest absolute Gasteiger partial charge is 0.255 e. The quantitative estimate of drug-likeness (QED) is 0.556. The number of likely N-dealkylation sites (tertiary alicyclic amines) is 1. The van der Waals surface area contributed by atoms with Crippen LogP contribution < -0.4 is 5.32 Å². The number of ether oxygens (including phenoxy) is 1. The van der Waals surface area contributed by atoms with Crippen molar-refractivity contribution >= 4 is 28.6 Å². The van der Waals surface area contributed by atoms with Crippen LogP contribution in [-0.2, 0) is 46.7 Å². The van der Waals surface area contributed by atoms with E-state index in [9.17, 15) is 14.4 Å². The topological polar surface area (TPSA) is 96.8 Å². The van der Waals surface area contributed by atoms with Crippen molar-refractivity contribution in [2.75, 3.05) is 13.1 Å². The molecule has 5 heterocycles. The zero-order valence-corrected chi connectivity index (χ0v) is 20.8. The van der Waals surface area contributed by atoms with Gasteiger partial charge >= 0.3 is 0 Å². The lowest BCUT2D eigenvalue weighted by Crippen LogP contribution is -2.52. The number of amides is 3. The molecule has 4 aliphatic heterocycles. The van der Waals surface area contributed by atoms with Crippen LogP contribution in [0.4, 0.5) is 0 Å². The molecule has 190 valence electrons. The van der Waals surface area contributed by atoms with Crippen molar-refractivity contribution in [2.24, 2.45) is 7.05 Å². The van der Waals surface area contributed by atoms with E-state index in [1.807, 2.05) is 24.0 Å². The molecule has 9 heteroatoms. The molecule has 0 bridgehead atoms. The minimum atomic E-state index is -0.600. The van der Waals surface area contributed by atoms with Gasteiger partial charge in [0, 0.05) is 50.6 Å². The van der Waals surface area contributed by atoms with Gasteiger partial charge in [-0.1, -0.05) is 18.2 Å². The summed E-state index contributed by atoms with van der Waals surface area (Å²) in [6.45, 7) is 3.61. The monoisotopic (exact) mass is 499 g/mol. The summed E-state index contributed by atoms with van der Waals surface area (Å²) in [7, 11) is 1.97. The predicted octanol–water partition coefficient (Wildman–Crippen LogP) is 2.36. The van der Waals surface area contributed by atoms with Crippen molar-refractivity contribution < 1.29 is 19.1 Å². The third-order valence-corrected chi connectivity index (χ3v) is 8.76. The van der Waals surface area contributed by atoms with Gasteiger partial charge in [0.15, 0.2) is 0 Å². The average molecular weight is 500 g/mol. The summed E-state index contributed by atoms with van der Waals surface area (Å²) in [5, 5.41) is 8.00. The van der Waals surface area contributed by atoms with Crippen LogP contribution in [0.1, 0.15) is 58.3 Å². The van der Waals surface area contributed by atoms with Crippen molar-refractivity contribution in [1.82, 2.24) is 24.9 Å². The van der Waals surface area contributed by atoms with E-state index < -0.39 is 6.04 Å². The molecule has 0 saturated carbocycles. The molecule has 2 fully saturated rings. The molecule has 1 atom stereocenters. The molecular weight excluding hydrogens is 470 g/mol. The first-order valence-corrected chi connectivity index (χ1v) is 13.0. The molecule has 9 nitrogen and oxygen atoms in total. The van der Waals surface area contributed by atoms with Gasteiger partial charge < -0.3 is 9.64 Å². The van der Waals surface area contributed by atoms with Gasteiger partial charge in [-0.3, -0.25) is 29.3 Å². The molecule has 1 aromatic heterocycles. The van der Waals surface area contributed by atoms with Crippen LogP contribution >= 0.6 is 0 Å². The van der Waals surface area contributed by atoms with E-state index in [0.717, 1.165) is 49.1 Å². The first-order valence-electron chi connectivity index (χ1n) is 13.0. The number of aryl methyl sites for hydroxylation is 1. The maximum Gasteiger partial charge on any atom is 0.255 e. The maximum absolute atomic E-state index is 13.2. The molecule has 1 N–H and O–H groups in total. The van der Waals surface area contributed by atoms with Gasteiger partial charge in [-0.15, -0.1) is 0 Å². The Hall–Kier alpha value is -3.56. The van der Waals surface area contributed by atoms with E-state index in [0.29, 0.717) is 25.1 Å². The lowest BCUT2D eigenvalue weighted by atomic mass is 9.82. The van der Waals surface area contributed by atoms with Crippen molar-refractivity contribution in [3.8, 4) is 0 Å². The first-order chi connectivity index (χ1) is 17.9. The molecule has 2 aromatic carbocycles. The number of aromatic nitrogens is 2. The Morgan fingerprint density at radius 2 is 1.95 bits per heavy atom. The normalized spacial score (nSPS) is 23.1. The second kappa shape index (κ2) is 8.22. The minimum absolute atomic E-state index is 0.132. The van der Waals surface area contributed by atoms with Crippen LogP contribution in [0.3, 0.4) is 0 Å². The average Bonchev–Trinajstić information content (AvgIpc) is 3.56. The molecular formula is C28H29N5O4. The van der Waals surface area contributed by atoms with Crippen molar-refractivity contribution in [2.45, 2.75) is 57.0 Å². The summed E-state index contributed by atoms with van der Waals surface area (Å²) < 4.78 is 8.42. The van der Waals surface area contributed by atoms with Gasteiger partial charge in [-0.2, -0.15) is 5.10 Å². The molecule has 3 amide bonds. The van der Waals surface area contributed by atoms with Gasteiger partial charge in [0.25, 0.3) is 5.91 Å². The highest BCUT2D eigenvalue weighted by Gasteiger charge is 2.47. The fourth-order valence-corrected chi connectivity index (χ4v) is 6.68. The number of carbonyl (C=O) groups excluding carboxylic acids is 3. The largest absolute Gasteiger partial charge is 0.365 e. The van der Waals surface area contributed by atoms with E-state index in [2.05, 4.69) is 39.6 Å². The zero-order chi connectivity index (χ0) is 25.3. The first kappa shape index (κ1) is 22.6. The number of carbonyl (C=O) groups is 3. The number of rotatable bonds is 3. The number of piperidine rings is 2. The SMILES string of the molecule is Cn1ncc2c(CN3CCC4(CC3)OCc3c4ccc4c3CN(C3CCC(=O)NC3=O)C4=O)cccc21. The highest BCUT2D eigenvalue weighted by molar-refractivity contribution is 6.05. The maximum atomic E-state index is 13.2. The van der Waals surface area contributed by atoms with Crippen LogP contribution in [0.5, 0.6) is 0 Å². The summed E-state index contributed by atoms with van der Waals surface area (Å²) in [6.07, 6.45) is 4.37. The van der Waals surface area contributed by atoms with Crippen molar-refractivity contribution in [3.63, 3.8) is 0 Å². The predicted molar refractivity (Wildman–Crippen MR) is 134 cm³/mol. The van der Waals surface area contributed by atoms with Gasteiger partial charge in [-0.25, -0.2) is 0 Å². The minimum Gasteiger partial charge on any atom is -0.365 e. The van der Waals surface area contributed by atoms with Crippen LogP contribution in [-0.4, -0.2) is 56.4 Å². The lowest BCUT2D eigenvalue weighted by molar-refractivity contribution is -0.136. The zero-order valence-electron chi connectivity index (χ0n) is 20.8. The van der Waals surface area contributed by atoms with Gasteiger partial charge in [0.1, 0.15) is 6.04 Å². The van der Waals surface area contributed by atoms with Crippen molar-refractivity contribution in [3.05, 3.63) is 64.3 Å². The lowest BCUT2D eigenvalue weighted by Gasteiger charge is -2.39. The second-order valence-electron chi connectivity index (χ2n) is 10.7. The van der Waals surface area contributed by atoms with Gasteiger partial charge in [0.05, 0.1) is 23.9 Å². The Morgan fingerprint density at radius 1 is 1.11 bits per heavy atom. The van der Waals surface area contributed by atoms with Crippen LogP contribution in [0.15, 0.2) is 36.5 Å². The molecule has 2 saturated heterocycles. The van der Waals surface area contributed by atoms with E-state index in [-0.39, 0.29) is 29.7 Å². The molecule has 0 radical (unpaired) electrons. The number of benzene rings is 2. The Labute approximate surface area is 214 Å². The van der Waals surface area contributed by atoms with E-state index in [4.69, 9.17) is 4.74 Å². The van der Waals surface area contributed by atoms with E-state index in [1.54, 1.807) is 4.90 Å². The number of imide groups is 1. The number of hydrogen-bond donors (Lipinski definition) is 1. The van der Waals surface area contributed by atoms with E-state index >= 15 is 0 Å². The number of hydrogen-bond acceptors (Lipinski definition) is 6. The highest BCUT2D eigenvalue weighted by Crippen LogP contribution is 2.47. The summed E-state index contributed by atoms with van der Waals surface area (Å²) in [4.78, 5) is 41.3. The Kier molecular flexibility index (Phi) is 5.03. The van der Waals surface area contributed by atoms with Crippen LogP contribution in [0.2, 0.25) is 0 Å². The van der Waals surface area contributed by atoms with Crippen LogP contribution in [0.25, 0.3) is 10.9 Å². The second-order valence-corrected chi connectivity index (χ2v) is 10.7.